The summed E-state index contributed by atoms with van der Waals surface area (Å²) in [5.74, 6) is 0.565. The van der Waals surface area contributed by atoms with Crippen LogP contribution < -0.4 is 24.4 Å². The minimum atomic E-state index is -0.772. The van der Waals surface area contributed by atoms with Gasteiger partial charge in [0.25, 0.3) is 5.56 Å². The molecule has 1 aliphatic rings. The van der Waals surface area contributed by atoms with Gasteiger partial charge >= 0.3 is 5.97 Å². The average molecular weight is 504 g/mol. The zero-order valence-electron chi connectivity index (χ0n) is 20.3. The smallest absolute Gasteiger partial charge is 0.338 e. The highest BCUT2D eigenvalue weighted by Gasteiger charge is 2.35. The number of allylic oxidation sites excluding steroid dienone is 1. The molecule has 8 nitrogen and oxygen atoms in total. The van der Waals surface area contributed by atoms with Gasteiger partial charge in [-0.1, -0.05) is 29.5 Å². The SMILES string of the molecule is CCOC(=O)C1=C(C)N=c2s/c(=C/c3c[nH]c4ccccc34)c(=O)n2C1c1ccc(OC)cc1OC. The molecule has 0 saturated carbocycles. The Morgan fingerprint density at radius 2 is 2.00 bits per heavy atom. The summed E-state index contributed by atoms with van der Waals surface area (Å²) in [6, 6.07) is 12.4. The van der Waals surface area contributed by atoms with Crippen molar-refractivity contribution in [3.63, 3.8) is 0 Å². The van der Waals surface area contributed by atoms with Gasteiger partial charge in [-0.05, 0) is 38.1 Å². The van der Waals surface area contributed by atoms with Crippen LogP contribution in [0, 0.1) is 0 Å². The van der Waals surface area contributed by atoms with Crippen LogP contribution in [0.2, 0.25) is 0 Å². The number of benzene rings is 2. The number of ether oxygens (including phenoxy) is 3. The number of para-hydroxylation sites is 1. The average Bonchev–Trinajstić information content (AvgIpc) is 3.43. The molecular formula is C27H25N3O5S. The number of carbonyl (C=O) groups is 1. The molecule has 36 heavy (non-hydrogen) atoms. The number of nitrogens with zero attached hydrogens (tertiary/aromatic N) is 2. The van der Waals surface area contributed by atoms with Crippen molar-refractivity contribution in [1.29, 1.82) is 0 Å². The summed E-state index contributed by atoms with van der Waals surface area (Å²) in [5, 5.41) is 1.01. The fourth-order valence-corrected chi connectivity index (χ4v) is 5.52. The lowest BCUT2D eigenvalue weighted by atomic mass is 9.95. The molecule has 1 aliphatic heterocycles. The molecular weight excluding hydrogens is 478 g/mol. The Morgan fingerprint density at radius 3 is 2.75 bits per heavy atom. The third kappa shape index (κ3) is 3.91. The van der Waals surface area contributed by atoms with Crippen LogP contribution in [-0.4, -0.2) is 36.3 Å². The topological polar surface area (TPSA) is 94.9 Å². The summed E-state index contributed by atoms with van der Waals surface area (Å²) >= 11 is 1.28. The van der Waals surface area contributed by atoms with Gasteiger partial charge in [-0.2, -0.15) is 0 Å². The molecule has 4 aromatic rings. The van der Waals surface area contributed by atoms with Gasteiger partial charge in [0.15, 0.2) is 4.80 Å². The molecule has 0 aliphatic carbocycles. The van der Waals surface area contributed by atoms with Crippen molar-refractivity contribution in [3.05, 3.63) is 90.7 Å². The summed E-state index contributed by atoms with van der Waals surface area (Å²) in [5.41, 5.74) is 3.06. The standard InChI is InChI=1S/C27H25N3O5S/c1-5-35-26(32)23-15(2)29-27-30(24(23)19-11-10-17(33-3)13-21(19)34-4)25(31)22(36-27)12-16-14-28-20-9-7-6-8-18(16)20/h6-14,24,28H,5H2,1-4H3/b22-12+. The lowest BCUT2D eigenvalue weighted by molar-refractivity contribution is -0.139. The van der Waals surface area contributed by atoms with E-state index < -0.39 is 12.0 Å². The van der Waals surface area contributed by atoms with Gasteiger partial charge in [0.2, 0.25) is 0 Å². The molecule has 0 fully saturated rings. The van der Waals surface area contributed by atoms with E-state index in [1.165, 1.54) is 11.3 Å². The maximum absolute atomic E-state index is 13.8. The molecule has 0 bridgehead atoms. The van der Waals surface area contributed by atoms with E-state index in [0.717, 1.165) is 16.5 Å². The normalized spacial score (nSPS) is 15.6. The molecule has 0 amide bonds. The van der Waals surface area contributed by atoms with E-state index in [-0.39, 0.29) is 12.2 Å². The predicted molar refractivity (Wildman–Crippen MR) is 138 cm³/mol. The van der Waals surface area contributed by atoms with E-state index in [0.29, 0.717) is 37.7 Å². The quantitative estimate of drug-likeness (QED) is 0.408. The van der Waals surface area contributed by atoms with Crippen molar-refractivity contribution in [2.24, 2.45) is 4.99 Å². The second kappa shape index (κ2) is 9.50. The number of aromatic nitrogens is 2. The van der Waals surface area contributed by atoms with Crippen molar-refractivity contribution >= 4 is 34.3 Å². The second-order valence-electron chi connectivity index (χ2n) is 8.20. The first-order valence-electron chi connectivity index (χ1n) is 11.4. The molecule has 5 rings (SSSR count). The van der Waals surface area contributed by atoms with Crippen LogP contribution in [0.1, 0.15) is 31.0 Å². The Hall–Kier alpha value is -4.11. The molecule has 9 heteroatoms. The van der Waals surface area contributed by atoms with E-state index in [4.69, 9.17) is 14.2 Å². The lowest BCUT2D eigenvalue weighted by Gasteiger charge is -2.26. The van der Waals surface area contributed by atoms with Crippen LogP contribution in [0.4, 0.5) is 0 Å². The zero-order valence-corrected chi connectivity index (χ0v) is 21.1. The second-order valence-corrected chi connectivity index (χ2v) is 9.21. The number of methoxy groups -OCH3 is 2. The highest BCUT2D eigenvalue weighted by molar-refractivity contribution is 7.07. The summed E-state index contributed by atoms with van der Waals surface area (Å²) in [7, 11) is 3.11. The van der Waals surface area contributed by atoms with Crippen molar-refractivity contribution in [2.75, 3.05) is 20.8 Å². The number of carbonyl (C=O) groups excluding carboxylic acids is 1. The molecule has 1 N–H and O–H groups in total. The Bertz CT molecular complexity index is 1690. The Labute approximate surface area is 210 Å². The van der Waals surface area contributed by atoms with Gasteiger partial charge in [0.05, 0.1) is 36.6 Å². The number of hydrogen-bond acceptors (Lipinski definition) is 7. The lowest BCUT2D eigenvalue weighted by Crippen LogP contribution is -2.40. The molecule has 1 unspecified atom stereocenters. The maximum atomic E-state index is 13.8. The van der Waals surface area contributed by atoms with Gasteiger partial charge in [0.1, 0.15) is 17.5 Å². The van der Waals surface area contributed by atoms with Crippen molar-refractivity contribution in [2.45, 2.75) is 19.9 Å². The van der Waals surface area contributed by atoms with Crippen LogP contribution >= 0.6 is 11.3 Å². The number of fused-ring (bicyclic) bond motifs is 2. The van der Waals surface area contributed by atoms with Crippen LogP contribution in [0.25, 0.3) is 17.0 Å². The fraction of sp³-hybridized carbons (Fsp3) is 0.222. The number of thiazole rings is 1. The summed E-state index contributed by atoms with van der Waals surface area (Å²) < 4.78 is 18.4. The van der Waals surface area contributed by atoms with E-state index in [1.807, 2.05) is 36.5 Å². The van der Waals surface area contributed by atoms with Crippen LogP contribution in [-0.2, 0) is 9.53 Å². The highest BCUT2D eigenvalue weighted by Crippen LogP contribution is 2.37. The molecule has 184 valence electrons. The monoisotopic (exact) mass is 503 g/mol. The number of aromatic amines is 1. The summed E-state index contributed by atoms with van der Waals surface area (Å²) in [6.07, 6.45) is 3.73. The Kier molecular flexibility index (Phi) is 6.24. The molecule has 3 heterocycles. The molecule has 2 aromatic heterocycles. The van der Waals surface area contributed by atoms with Crippen LogP contribution in [0.15, 0.2) is 69.7 Å². The third-order valence-corrected chi connectivity index (χ3v) is 7.14. The number of hydrogen-bond donors (Lipinski definition) is 1. The first-order chi connectivity index (χ1) is 17.5. The number of nitrogens with one attached hydrogen (secondary N) is 1. The van der Waals surface area contributed by atoms with E-state index >= 15 is 0 Å². The predicted octanol–water partition coefficient (Wildman–Crippen LogP) is 3.30. The van der Waals surface area contributed by atoms with Gasteiger partial charge in [-0.3, -0.25) is 9.36 Å². The third-order valence-electron chi connectivity index (χ3n) is 6.16. The molecule has 2 aromatic carbocycles. The summed E-state index contributed by atoms with van der Waals surface area (Å²) in [4.78, 5) is 35.3. The fourth-order valence-electron chi connectivity index (χ4n) is 4.48. The minimum Gasteiger partial charge on any atom is -0.497 e. The molecule has 0 radical (unpaired) electrons. The summed E-state index contributed by atoms with van der Waals surface area (Å²) in [6.45, 7) is 3.70. The Morgan fingerprint density at radius 1 is 1.19 bits per heavy atom. The van der Waals surface area contributed by atoms with Gasteiger partial charge < -0.3 is 19.2 Å². The van der Waals surface area contributed by atoms with Crippen molar-refractivity contribution < 1.29 is 19.0 Å². The number of esters is 1. The van der Waals surface area contributed by atoms with Crippen molar-refractivity contribution in [1.82, 2.24) is 9.55 Å². The number of rotatable bonds is 6. The first-order valence-corrected chi connectivity index (χ1v) is 12.3. The van der Waals surface area contributed by atoms with E-state index in [9.17, 15) is 9.59 Å². The van der Waals surface area contributed by atoms with Gasteiger partial charge in [0, 0.05) is 34.3 Å². The highest BCUT2D eigenvalue weighted by atomic mass is 32.1. The van der Waals surface area contributed by atoms with Crippen LogP contribution in [0.3, 0.4) is 0 Å². The van der Waals surface area contributed by atoms with E-state index in [1.54, 1.807) is 50.8 Å². The first kappa shape index (κ1) is 23.6. The van der Waals surface area contributed by atoms with E-state index in [2.05, 4.69) is 9.98 Å². The minimum absolute atomic E-state index is 0.201. The van der Waals surface area contributed by atoms with Crippen LogP contribution in [0.5, 0.6) is 11.5 Å². The largest absolute Gasteiger partial charge is 0.497 e. The van der Waals surface area contributed by atoms with Crippen molar-refractivity contribution in [3.8, 4) is 11.5 Å². The molecule has 0 saturated heterocycles. The van der Waals surface area contributed by atoms with Gasteiger partial charge in [-0.25, -0.2) is 9.79 Å². The molecule has 1 atom stereocenters. The maximum Gasteiger partial charge on any atom is 0.338 e. The van der Waals surface area contributed by atoms with Gasteiger partial charge in [-0.15, -0.1) is 0 Å². The zero-order chi connectivity index (χ0) is 25.4. The molecule has 0 spiro atoms. The Balaban J connectivity index is 1.77. The number of H-pyrrole nitrogens is 1.